The van der Waals surface area contributed by atoms with E-state index in [1.807, 2.05) is 12.1 Å². The molecule has 0 aromatic heterocycles. The van der Waals surface area contributed by atoms with Crippen LogP contribution in [0.5, 0.6) is 5.75 Å². The van der Waals surface area contributed by atoms with Crippen molar-refractivity contribution in [1.82, 2.24) is 14.9 Å². The standard InChI is InChI=1S/C17H31N3OS/c1-5-18-11-12-20(6-2)13-14-21-16-7-9-17(10-8-16)22-19-15(3)4/h7-10,15,18-19H,5-6,11-14H2,1-4H3. The molecule has 0 radical (unpaired) electrons. The Labute approximate surface area is 140 Å². The van der Waals surface area contributed by atoms with Crippen molar-refractivity contribution in [3.8, 4) is 5.75 Å². The lowest BCUT2D eigenvalue weighted by Crippen LogP contribution is -2.34. The first-order chi connectivity index (χ1) is 10.7. The lowest BCUT2D eigenvalue weighted by Gasteiger charge is -2.20. The molecule has 0 aliphatic rings. The maximum absolute atomic E-state index is 5.83. The molecule has 0 heterocycles. The highest BCUT2D eigenvalue weighted by Gasteiger charge is 2.03. The molecule has 0 aliphatic carbocycles. The van der Waals surface area contributed by atoms with Crippen molar-refractivity contribution in [2.45, 2.75) is 38.6 Å². The number of nitrogens with zero attached hydrogens (tertiary/aromatic N) is 1. The molecule has 1 rings (SSSR count). The van der Waals surface area contributed by atoms with E-state index in [2.05, 4.69) is 54.8 Å². The SMILES string of the molecule is CCNCCN(CC)CCOc1ccc(SNC(C)C)cc1. The van der Waals surface area contributed by atoms with E-state index in [9.17, 15) is 0 Å². The van der Waals surface area contributed by atoms with Crippen molar-refractivity contribution in [3.05, 3.63) is 24.3 Å². The fourth-order valence-corrected chi connectivity index (χ4v) is 2.57. The fourth-order valence-electron chi connectivity index (χ4n) is 1.92. The maximum atomic E-state index is 5.83. The third kappa shape index (κ3) is 8.63. The van der Waals surface area contributed by atoms with E-state index in [4.69, 9.17) is 4.74 Å². The molecule has 0 spiro atoms. The van der Waals surface area contributed by atoms with Crippen LogP contribution in [-0.2, 0) is 0 Å². The van der Waals surface area contributed by atoms with Gasteiger partial charge in [0.25, 0.3) is 0 Å². The van der Waals surface area contributed by atoms with Crippen LogP contribution in [0.3, 0.4) is 0 Å². The summed E-state index contributed by atoms with van der Waals surface area (Å²) in [6.45, 7) is 14.5. The summed E-state index contributed by atoms with van der Waals surface area (Å²) in [7, 11) is 0. The van der Waals surface area contributed by atoms with Crippen LogP contribution in [0.1, 0.15) is 27.7 Å². The van der Waals surface area contributed by atoms with Gasteiger partial charge < -0.3 is 10.1 Å². The van der Waals surface area contributed by atoms with Gasteiger partial charge in [-0.2, -0.15) is 0 Å². The highest BCUT2D eigenvalue weighted by molar-refractivity contribution is 7.97. The summed E-state index contributed by atoms with van der Waals surface area (Å²) in [5, 5.41) is 3.36. The van der Waals surface area contributed by atoms with Crippen molar-refractivity contribution in [3.63, 3.8) is 0 Å². The van der Waals surface area contributed by atoms with Crippen LogP contribution in [0, 0.1) is 0 Å². The largest absolute Gasteiger partial charge is 0.492 e. The number of ether oxygens (including phenoxy) is 1. The van der Waals surface area contributed by atoms with Gasteiger partial charge in [-0.15, -0.1) is 0 Å². The zero-order chi connectivity index (χ0) is 16.2. The molecule has 1 aromatic carbocycles. The topological polar surface area (TPSA) is 36.5 Å². The second kappa shape index (κ2) is 11.8. The predicted octanol–water partition coefficient (Wildman–Crippen LogP) is 3.00. The number of rotatable bonds is 12. The van der Waals surface area contributed by atoms with Gasteiger partial charge in [0, 0.05) is 30.6 Å². The second-order valence-electron chi connectivity index (χ2n) is 5.48. The van der Waals surface area contributed by atoms with E-state index in [-0.39, 0.29) is 0 Å². The number of hydrogen-bond donors (Lipinski definition) is 2. The van der Waals surface area contributed by atoms with Crippen LogP contribution < -0.4 is 14.8 Å². The molecule has 4 nitrogen and oxygen atoms in total. The fraction of sp³-hybridized carbons (Fsp3) is 0.647. The molecule has 1 aromatic rings. The van der Waals surface area contributed by atoms with E-state index in [1.54, 1.807) is 11.9 Å². The molecule has 126 valence electrons. The van der Waals surface area contributed by atoms with Crippen LogP contribution in [0.4, 0.5) is 0 Å². The summed E-state index contributed by atoms with van der Waals surface area (Å²) >= 11 is 1.66. The first-order valence-electron chi connectivity index (χ1n) is 8.24. The Morgan fingerprint density at radius 1 is 1.14 bits per heavy atom. The lowest BCUT2D eigenvalue weighted by atomic mass is 10.3. The molecule has 5 heteroatoms. The molecule has 0 amide bonds. The molecular weight excluding hydrogens is 294 g/mol. The minimum Gasteiger partial charge on any atom is -0.492 e. The van der Waals surface area contributed by atoms with Gasteiger partial charge in [0.1, 0.15) is 12.4 Å². The molecule has 0 aliphatic heterocycles. The van der Waals surface area contributed by atoms with E-state index in [0.717, 1.165) is 45.1 Å². The summed E-state index contributed by atoms with van der Waals surface area (Å²) in [5.74, 6) is 0.941. The van der Waals surface area contributed by atoms with Gasteiger partial charge >= 0.3 is 0 Å². The van der Waals surface area contributed by atoms with Crippen LogP contribution in [0.15, 0.2) is 29.2 Å². The summed E-state index contributed by atoms with van der Waals surface area (Å²) < 4.78 is 9.17. The average molecular weight is 326 g/mol. The minimum absolute atomic E-state index is 0.475. The Morgan fingerprint density at radius 2 is 1.86 bits per heavy atom. The van der Waals surface area contributed by atoms with Crippen LogP contribution in [-0.4, -0.2) is 50.3 Å². The Balaban J connectivity index is 2.26. The Kier molecular flexibility index (Phi) is 10.3. The van der Waals surface area contributed by atoms with Crippen LogP contribution >= 0.6 is 11.9 Å². The summed E-state index contributed by atoms with van der Waals surface area (Å²) in [4.78, 5) is 3.61. The zero-order valence-electron chi connectivity index (χ0n) is 14.4. The lowest BCUT2D eigenvalue weighted by molar-refractivity contribution is 0.216. The maximum Gasteiger partial charge on any atom is 0.119 e. The highest BCUT2D eigenvalue weighted by Crippen LogP contribution is 2.19. The van der Waals surface area contributed by atoms with Crippen molar-refractivity contribution < 1.29 is 4.74 Å². The van der Waals surface area contributed by atoms with Gasteiger partial charge in [-0.05, 0) is 63.2 Å². The third-order valence-corrected chi connectivity index (χ3v) is 4.31. The molecule has 0 bridgehead atoms. The minimum atomic E-state index is 0.475. The van der Waals surface area contributed by atoms with Gasteiger partial charge in [-0.1, -0.05) is 13.8 Å². The Hall–Kier alpha value is -0.750. The third-order valence-electron chi connectivity index (χ3n) is 3.21. The van der Waals surface area contributed by atoms with E-state index < -0.39 is 0 Å². The molecule has 0 fully saturated rings. The van der Waals surface area contributed by atoms with E-state index in [0.29, 0.717) is 6.04 Å². The number of likely N-dealkylation sites (N-methyl/N-ethyl adjacent to an activating group) is 2. The zero-order valence-corrected chi connectivity index (χ0v) is 15.2. The van der Waals surface area contributed by atoms with Gasteiger partial charge in [0.05, 0.1) is 0 Å². The molecule has 22 heavy (non-hydrogen) atoms. The molecule has 0 unspecified atom stereocenters. The Bertz CT molecular complexity index is 384. The van der Waals surface area contributed by atoms with Crippen molar-refractivity contribution in [2.75, 3.05) is 39.3 Å². The van der Waals surface area contributed by atoms with Crippen molar-refractivity contribution in [2.24, 2.45) is 0 Å². The molecule has 2 N–H and O–H groups in total. The number of nitrogens with one attached hydrogen (secondary N) is 2. The molecule has 0 atom stereocenters. The molecular formula is C17H31N3OS. The van der Waals surface area contributed by atoms with Crippen molar-refractivity contribution in [1.29, 1.82) is 0 Å². The van der Waals surface area contributed by atoms with Gasteiger partial charge in [0.15, 0.2) is 0 Å². The smallest absolute Gasteiger partial charge is 0.119 e. The second-order valence-corrected chi connectivity index (χ2v) is 6.39. The summed E-state index contributed by atoms with van der Waals surface area (Å²) in [6, 6.07) is 8.75. The monoisotopic (exact) mass is 325 g/mol. The highest BCUT2D eigenvalue weighted by atomic mass is 32.2. The molecule has 0 saturated carbocycles. The quantitative estimate of drug-likeness (QED) is 0.456. The number of hydrogen-bond acceptors (Lipinski definition) is 5. The van der Waals surface area contributed by atoms with Gasteiger partial charge in [-0.3, -0.25) is 9.62 Å². The summed E-state index contributed by atoms with van der Waals surface area (Å²) in [5.41, 5.74) is 0. The van der Waals surface area contributed by atoms with Crippen molar-refractivity contribution >= 4 is 11.9 Å². The average Bonchev–Trinajstić information content (AvgIpc) is 2.52. The molecule has 0 saturated heterocycles. The Morgan fingerprint density at radius 3 is 2.45 bits per heavy atom. The van der Waals surface area contributed by atoms with Crippen LogP contribution in [0.25, 0.3) is 0 Å². The summed E-state index contributed by atoms with van der Waals surface area (Å²) in [6.07, 6.45) is 0. The van der Waals surface area contributed by atoms with Crippen LogP contribution in [0.2, 0.25) is 0 Å². The van der Waals surface area contributed by atoms with Gasteiger partial charge in [-0.25, -0.2) is 0 Å². The first-order valence-corrected chi connectivity index (χ1v) is 9.05. The first kappa shape index (κ1) is 19.3. The predicted molar refractivity (Wildman–Crippen MR) is 96.7 cm³/mol. The normalized spacial score (nSPS) is 11.4. The van der Waals surface area contributed by atoms with E-state index in [1.165, 1.54) is 4.90 Å². The number of benzene rings is 1. The van der Waals surface area contributed by atoms with E-state index >= 15 is 0 Å². The van der Waals surface area contributed by atoms with Gasteiger partial charge in [0.2, 0.25) is 0 Å².